The maximum atomic E-state index is 12.4. The molecule has 1 aliphatic carbocycles. The van der Waals surface area contributed by atoms with Gasteiger partial charge in [0.15, 0.2) is 0 Å². The maximum Gasteiger partial charge on any atom is 0.265 e. The van der Waals surface area contributed by atoms with E-state index in [9.17, 15) is 4.79 Å². The van der Waals surface area contributed by atoms with E-state index in [4.69, 9.17) is 22.7 Å². The van der Waals surface area contributed by atoms with Crippen LogP contribution in [0.1, 0.15) is 41.8 Å². The highest BCUT2D eigenvalue weighted by molar-refractivity contribution is 7.80. The number of nitrogens with one attached hydrogen (secondary N) is 1. The van der Waals surface area contributed by atoms with Crippen LogP contribution in [-0.4, -0.2) is 23.5 Å². The minimum absolute atomic E-state index is 0.151. The number of thiophene rings is 1. The molecule has 104 valence electrons. The molecule has 6 heteroatoms. The number of ether oxygens (including phenoxy) is 1. The Kier molecular flexibility index (Phi) is 4.42. The first-order chi connectivity index (χ1) is 9.09. The van der Waals surface area contributed by atoms with E-state index >= 15 is 0 Å². The minimum Gasteiger partial charge on any atom is -0.495 e. The van der Waals surface area contributed by atoms with Gasteiger partial charge in [-0.3, -0.25) is 4.79 Å². The van der Waals surface area contributed by atoms with Gasteiger partial charge in [-0.25, -0.2) is 0 Å². The van der Waals surface area contributed by atoms with Crippen LogP contribution in [0.15, 0.2) is 11.4 Å². The molecule has 19 heavy (non-hydrogen) atoms. The van der Waals surface area contributed by atoms with Gasteiger partial charge in [0, 0.05) is 0 Å². The summed E-state index contributed by atoms with van der Waals surface area (Å²) in [5.74, 6) is 0.443. The molecule has 1 aliphatic rings. The molecule has 0 radical (unpaired) electrons. The van der Waals surface area contributed by atoms with Crippen LogP contribution in [0.4, 0.5) is 0 Å². The number of rotatable bonds is 4. The lowest BCUT2D eigenvalue weighted by molar-refractivity contribution is 0.0910. The molecule has 1 heterocycles. The van der Waals surface area contributed by atoms with Crippen LogP contribution in [-0.2, 0) is 0 Å². The smallest absolute Gasteiger partial charge is 0.265 e. The van der Waals surface area contributed by atoms with E-state index in [0.29, 0.717) is 15.6 Å². The molecule has 0 spiro atoms. The van der Waals surface area contributed by atoms with Crippen LogP contribution in [0.25, 0.3) is 0 Å². The van der Waals surface area contributed by atoms with Gasteiger partial charge < -0.3 is 15.8 Å². The lowest BCUT2D eigenvalue weighted by Gasteiger charge is -2.37. The van der Waals surface area contributed by atoms with Crippen molar-refractivity contribution in [2.45, 2.75) is 37.6 Å². The molecule has 0 aromatic carbocycles. The minimum atomic E-state index is -0.528. The summed E-state index contributed by atoms with van der Waals surface area (Å²) in [6, 6.07) is 1.79. The van der Waals surface area contributed by atoms with Gasteiger partial charge in [-0.1, -0.05) is 31.5 Å². The highest BCUT2D eigenvalue weighted by atomic mass is 32.1. The Balaban J connectivity index is 2.18. The zero-order valence-corrected chi connectivity index (χ0v) is 12.5. The lowest BCUT2D eigenvalue weighted by Crippen LogP contribution is -2.57. The molecular weight excluding hydrogens is 280 g/mol. The van der Waals surface area contributed by atoms with Crippen LogP contribution < -0.4 is 15.8 Å². The van der Waals surface area contributed by atoms with Crippen LogP contribution in [0.3, 0.4) is 0 Å². The van der Waals surface area contributed by atoms with Crippen LogP contribution in [0, 0.1) is 0 Å². The highest BCUT2D eigenvalue weighted by Gasteiger charge is 2.37. The zero-order chi connectivity index (χ0) is 13.9. The summed E-state index contributed by atoms with van der Waals surface area (Å²) >= 11 is 6.53. The summed E-state index contributed by atoms with van der Waals surface area (Å²) in [5.41, 5.74) is 5.34. The number of hydrogen-bond acceptors (Lipinski definition) is 4. The van der Waals surface area contributed by atoms with Crippen molar-refractivity contribution in [2.75, 3.05) is 7.11 Å². The summed E-state index contributed by atoms with van der Waals surface area (Å²) in [7, 11) is 1.56. The van der Waals surface area contributed by atoms with Crippen molar-refractivity contribution in [2.24, 2.45) is 5.73 Å². The average molecular weight is 298 g/mol. The first-order valence-electron chi connectivity index (χ1n) is 6.33. The molecule has 3 N–H and O–H groups in total. The first-order valence-corrected chi connectivity index (χ1v) is 7.62. The van der Waals surface area contributed by atoms with E-state index in [1.807, 2.05) is 5.38 Å². The molecular formula is C13H18N2O2S2. The molecule has 0 saturated heterocycles. The Morgan fingerprint density at radius 1 is 1.47 bits per heavy atom. The topological polar surface area (TPSA) is 64.3 Å². The molecule has 1 aromatic heterocycles. The molecule has 0 atom stereocenters. The summed E-state index contributed by atoms with van der Waals surface area (Å²) in [5, 5.41) is 4.87. The van der Waals surface area contributed by atoms with E-state index < -0.39 is 5.54 Å². The Hall–Kier alpha value is -1.14. The summed E-state index contributed by atoms with van der Waals surface area (Å²) < 4.78 is 5.17. The average Bonchev–Trinajstić information content (AvgIpc) is 2.88. The summed E-state index contributed by atoms with van der Waals surface area (Å²) in [4.78, 5) is 13.3. The number of thiocarbonyl (C=S) groups is 1. The van der Waals surface area contributed by atoms with Gasteiger partial charge in [-0.2, -0.15) is 0 Å². The second kappa shape index (κ2) is 5.88. The van der Waals surface area contributed by atoms with Crippen molar-refractivity contribution in [1.82, 2.24) is 5.32 Å². The predicted octanol–water partition coefficient (Wildman–Crippen LogP) is 2.48. The van der Waals surface area contributed by atoms with Gasteiger partial charge in [0.25, 0.3) is 5.91 Å². The number of hydrogen-bond donors (Lipinski definition) is 2. The van der Waals surface area contributed by atoms with Gasteiger partial charge in [-0.15, -0.1) is 11.3 Å². The first kappa shape index (κ1) is 14.3. The van der Waals surface area contributed by atoms with Crippen LogP contribution >= 0.6 is 23.6 Å². The highest BCUT2D eigenvalue weighted by Crippen LogP contribution is 2.31. The van der Waals surface area contributed by atoms with Gasteiger partial charge in [-0.05, 0) is 24.3 Å². The van der Waals surface area contributed by atoms with Gasteiger partial charge in [0.05, 0.1) is 17.6 Å². The lowest BCUT2D eigenvalue weighted by atomic mass is 9.81. The van der Waals surface area contributed by atoms with E-state index in [-0.39, 0.29) is 5.91 Å². The fraction of sp³-hybridized carbons (Fsp3) is 0.538. The Morgan fingerprint density at radius 3 is 2.74 bits per heavy atom. The number of nitrogens with two attached hydrogens (primary N) is 1. The standard InChI is InChI=1S/C13H18N2O2S2/c1-17-9-5-8-19-10(9)11(16)15-13(12(14)18)6-3-2-4-7-13/h5,8H,2-4,6-7H2,1H3,(H2,14,18)(H,15,16). The third-order valence-corrected chi connectivity index (χ3v) is 4.87. The molecule has 1 amide bonds. The van der Waals surface area contributed by atoms with E-state index in [1.165, 1.54) is 17.8 Å². The monoisotopic (exact) mass is 298 g/mol. The molecule has 2 rings (SSSR count). The van der Waals surface area contributed by atoms with E-state index in [0.717, 1.165) is 25.7 Å². The number of amides is 1. The molecule has 1 aromatic rings. The van der Waals surface area contributed by atoms with Crippen LogP contribution in [0.2, 0.25) is 0 Å². The Bertz CT molecular complexity index is 479. The fourth-order valence-corrected chi connectivity index (χ4v) is 3.49. The van der Waals surface area contributed by atoms with Crippen molar-refractivity contribution in [3.63, 3.8) is 0 Å². The SMILES string of the molecule is COc1ccsc1C(=O)NC1(C(N)=S)CCCCC1. The van der Waals surface area contributed by atoms with Crippen molar-refractivity contribution < 1.29 is 9.53 Å². The molecule has 0 bridgehead atoms. The van der Waals surface area contributed by atoms with Crippen molar-refractivity contribution in [3.05, 3.63) is 16.3 Å². The van der Waals surface area contributed by atoms with Crippen molar-refractivity contribution >= 4 is 34.5 Å². The Morgan fingerprint density at radius 2 is 2.16 bits per heavy atom. The molecule has 1 saturated carbocycles. The third kappa shape index (κ3) is 2.90. The third-order valence-electron chi connectivity index (χ3n) is 3.59. The number of carbonyl (C=O) groups excluding carboxylic acids is 1. The molecule has 0 aliphatic heterocycles. The molecule has 4 nitrogen and oxygen atoms in total. The Labute approximate surface area is 122 Å². The predicted molar refractivity (Wildman–Crippen MR) is 80.9 cm³/mol. The molecule has 0 unspecified atom stereocenters. The largest absolute Gasteiger partial charge is 0.495 e. The molecule has 1 fully saturated rings. The van der Waals surface area contributed by atoms with Crippen molar-refractivity contribution in [3.8, 4) is 5.75 Å². The van der Waals surface area contributed by atoms with Gasteiger partial charge >= 0.3 is 0 Å². The second-order valence-electron chi connectivity index (χ2n) is 4.78. The second-order valence-corrected chi connectivity index (χ2v) is 6.14. The van der Waals surface area contributed by atoms with Crippen molar-refractivity contribution in [1.29, 1.82) is 0 Å². The number of carbonyl (C=O) groups is 1. The fourth-order valence-electron chi connectivity index (χ4n) is 2.49. The van der Waals surface area contributed by atoms with Crippen LogP contribution in [0.5, 0.6) is 5.75 Å². The summed E-state index contributed by atoms with van der Waals surface area (Å²) in [6.07, 6.45) is 4.89. The van der Waals surface area contributed by atoms with Gasteiger partial charge in [0.1, 0.15) is 10.6 Å². The zero-order valence-electron chi connectivity index (χ0n) is 10.9. The summed E-state index contributed by atoms with van der Waals surface area (Å²) in [6.45, 7) is 0. The van der Waals surface area contributed by atoms with E-state index in [2.05, 4.69) is 5.32 Å². The normalized spacial score (nSPS) is 17.7. The van der Waals surface area contributed by atoms with E-state index in [1.54, 1.807) is 13.2 Å². The number of methoxy groups -OCH3 is 1. The van der Waals surface area contributed by atoms with Gasteiger partial charge in [0.2, 0.25) is 0 Å². The quantitative estimate of drug-likeness (QED) is 0.838. The maximum absolute atomic E-state index is 12.4.